The summed E-state index contributed by atoms with van der Waals surface area (Å²) < 4.78 is 5.74. The van der Waals surface area contributed by atoms with Crippen LogP contribution in [0.2, 0.25) is 10.0 Å². The van der Waals surface area contributed by atoms with Gasteiger partial charge in [-0.1, -0.05) is 29.3 Å². The Morgan fingerprint density at radius 2 is 1.89 bits per heavy atom. The van der Waals surface area contributed by atoms with Gasteiger partial charge in [0.05, 0.1) is 24.4 Å². The molecule has 0 radical (unpaired) electrons. The first kappa shape index (κ1) is 24.4. The summed E-state index contributed by atoms with van der Waals surface area (Å²) in [5.41, 5.74) is 4.07. The number of ether oxygens (including phenoxy) is 1. The number of aromatic nitrogens is 3. The van der Waals surface area contributed by atoms with Gasteiger partial charge in [0.1, 0.15) is 11.6 Å². The Morgan fingerprint density at radius 1 is 1.14 bits per heavy atom. The van der Waals surface area contributed by atoms with Gasteiger partial charge in [0.2, 0.25) is 0 Å². The van der Waals surface area contributed by atoms with E-state index in [1.54, 1.807) is 31.5 Å². The molecular formula is C26H26Cl2N6O2. The highest BCUT2D eigenvalue weighted by Crippen LogP contribution is 2.36. The molecule has 0 saturated carbocycles. The number of nitrogens with one attached hydrogen (secondary N) is 3. The summed E-state index contributed by atoms with van der Waals surface area (Å²) in [5.74, 6) is 1.07. The number of anilines is 3. The fourth-order valence-corrected chi connectivity index (χ4v) is 5.09. The standard InChI is InChI=1S/C26H26Cl2N6O2/c1-15-10-21(23(36-2)13-22(15)34-8-6-29-7-9-34)32-25-24-16(14-30-33-26(24)35)11-17(31-25)12-18-19(27)4-3-5-20(18)28/h3-5,10-11,13-14,29H,6-9,12H2,1-2H3,(H,31,32)(H,33,35). The summed E-state index contributed by atoms with van der Waals surface area (Å²) in [6.45, 7) is 5.81. The number of methoxy groups -OCH3 is 1. The summed E-state index contributed by atoms with van der Waals surface area (Å²) >= 11 is 12.8. The molecule has 1 fully saturated rings. The monoisotopic (exact) mass is 524 g/mol. The number of nitrogens with zero attached hydrogens (tertiary/aromatic N) is 3. The highest BCUT2D eigenvalue weighted by atomic mass is 35.5. The van der Waals surface area contributed by atoms with Gasteiger partial charge in [0, 0.05) is 65.5 Å². The molecule has 3 heterocycles. The molecule has 1 saturated heterocycles. The van der Waals surface area contributed by atoms with Crippen molar-refractivity contribution in [3.05, 3.63) is 79.8 Å². The van der Waals surface area contributed by atoms with Crippen LogP contribution in [0, 0.1) is 6.92 Å². The number of piperazine rings is 1. The number of fused-ring (bicyclic) bond motifs is 1. The highest BCUT2D eigenvalue weighted by molar-refractivity contribution is 6.36. The molecule has 1 aliphatic heterocycles. The molecule has 1 aliphatic rings. The first-order chi connectivity index (χ1) is 17.4. The van der Waals surface area contributed by atoms with Gasteiger partial charge < -0.3 is 20.3 Å². The molecule has 0 unspecified atom stereocenters. The number of hydrogen-bond donors (Lipinski definition) is 3. The van der Waals surface area contributed by atoms with E-state index in [1.807, 2.05) is 18.2 Å². The first-order valence-electron chi connectivity index (χ1n) is 11.7. The van der Waals surface area contributed by atoms with Gasteiger partial charge >= 0.3 is 0 Å². The van der Waals surface area contributed by atoms with Crippen LogP contribution in [0.4, 0.5) is 17.2 Å². The second kappa shape index (κ2) is 10.3. The molecule has 36 heavy (non-hydrogen) atoms. The predicted octanol–water partition coefficient (Wildman–Crippen LogP) is 4.69. The lowest BCUT2D eigenvalue weighted by molar-refractivity contribution is 0.416. The third kappa shape index (κ3) is 4.84. The summed E-state index contributed by atoms with van der Waals surface area (Å²) in [5, 5.41) is 15.4. The number of pyridine rings is 1. The zero-order chi connectivity index (χ0) is 25.2. The van der Waals surface area contributed by atoms with Crippen LogP contribution in [0.5, 0.6) is 5.75 Å². The maximum atomic E-state index is 12.8. The van der Waals surface area contributed by atoms with E-state index in [0.29, 0.717) is 50.2 Å². The minimum absolute atomic E-state index is 0.335. The molecule has 4 aromatic rings. The molecule has 0 aliphatic carbocycles. The SMILES string of the molecule is COc1cc(N2CCNCC2)c(C)cc1Nc1nc(Cc2c(Cl)cccc2Cl)cc2cn[nH]c(=O)c12. The fraction of sp³-hybridized carbons (Fsp3) is 0.269. The van der Waals surface area contributed by atoms with E-state index in [4.69, 9.17) is 32.9 Å². The molecule has 10 heteroatoms. The Bertz CT molecular complexity index is 1460. The first-order valence-corrected chi connectivity index (χ1v) is 12.4. The molecule has 186 valence electrons. The average Bonchev–Trinajstić information content (AvgIpc) is 2.87. The van der Waals surface area contributed by atoms with Gasteiger partial charge in [-0.15, -0.1) is 0 Å². The minimum Gasteiger partial charge on any atom is -0.494 e. The van der Waals surface area contributed by atoms with Crippen molar-refractivity contribution < 1.29 is 4.74 Å². The van der Waals surface area contributed by atoms with Crippen LogP contribution < -0.4 is 25.8 Å². The van der Waals surface area contributed by atoms with Crippen LogP contribution in [0.3, 0.4) is 0 Å². The quantitative estimate of drug-likeness (QED) is 0.336. The second-order valence-electron chi connectivity index (χ2n) is 8.70. The maximum Gasteiger partial charge on any atom is 0.275 e. The van der Waals surface area contributed by atoms with Gasteiger partial charge in [0.25, 0.3) is 5.56 Å². The van der Waals surface area contributed by atoms with Gasteiger partial charge in [-0.25, -0.2) is 10.1 Å². The molecule has 0 amide bonds. The van der Waals surface area contributed by atoms with Crippen LogP contribution in [0.15, 0.2) is 47.4 Å². The molecule has 3 N–H and O–H groups in total. The molecule has 0 atom stereocenters. The number of hydrogen-bond acceptors (Lipinski definition) is 7. The number of halogens is 2. The molecule has 8 nitrogen and oxygen atoms in total. The number of aryl methyl sites for hydroxylation is 1. The zero-order valence-electron chi connectivity index (χ0n) is 20.0. The Kier molecular flexibility index (Phi) is 7.00. The van der Waals surface area contributed by atoms with E-state index >= 15 is 0 Å². The third-order valence-corrected chi connectivity index (χ3v) is 7.06. The van der Waals surface area contributed by atoms with Crippen LogP contribution in [0.25, 0.3) is 10.8 Å². The predicted molar refractivity (Wildman–Crippen MR) is 146 cm³/mol. The van der Waals surface area contributed by atoms with Crippen molar-refractivity contribution in [2.45, 2.75) is 13.3 Å². The number of benzene rings is 2. The second-order valence-corrected chi connectivity index (χ2v) is 9.52. The molecule has 2 aromatic carbocycles. The van der Waals surface area contributed by atoms with Gasteiger partial charge in [0.15, 0.2) is 0 Å². The molecule has 5 rings (SSSR count). The van der Waals surface area contributed by atoms with Crippen molar-refractivity contribution in [1.29, 1.82) is 0 Å². The largest absolute Gasteiger partial charge is 0.494 e. The topological polar surface area (TPSA) is 95.2 Å². The van der Waals surface area contributed by atoms with E-state index in [1.165, 1.54) is 0 Å². The van der Waals surface area contributed by atoms with E-state index in [-0.39, 0.29) is 5.56 Å². The Morgan fingerprint density at radius 3 is 2.61 bits per heavy atom. The van der Waals surface area contributed by atoms with Crippen LogP contribution in [-0.4, -0.2) is 48.5 Å². The van der Waals surface area contributed by atoms with Crippen LogP contribution >= 0.6 is 23.2 Å². The lowest BCUT2D eigenvalue weighted by Gasteiger charge is -2.31. The molecule has 0 spiro atoms. The van der Waals surface area contributed by atoms with Gasteiger partial charge in [-0.05, 0) is 42.3 Å². The number of aromatic amines is 1. The van der Waals surface area contributed by atoms with Crippen molar-refractivity contribution in [3.8, 4) is 5.75 Å². The number of H-pyrrole nitrogens is 1. The fourth-order valence-electron chi connectivity index (χ4n) is 4.56. The summed E-state index contributed by atoms with van der Waals surface area (Å²) in [7, 11) is 1.63. The summed E-state index contributed by atoms with van der Waals surface area (Å²) in [6, 6.07) is 11.3. The van der Waals surface area contributed by atoms with E-state index in [2.05, 4.69) is 32.7 Å². The lowest BCUT2D eigenvalue weighted by Crippen LogP contribution is -2.43. The van der Waals surface area contributed by atoms with E-state index < -0.39 is 0 Å². The number of rotatable bonds is 6. The summed E-state index contributed by atoms with van der Waals surface area (Å²) in [6.07, 6.45) is 2.01. The minimum atomic E-state index is -0.335. The van der Waals surface area contributed by atoms with Crippen LogP contribution in [-0.2, 0) is 6.42 Å². The Labute approximate surface area is 218 Å². The van der Waals surface area contributed by atoms with Crippen molar-refractivity contribution in [2.24, 2.45) is 0 Å². The average molecular weight is 525 g/mol. The van der Waals surface area contributed by atoms with E-state index in [9.17, 15) is 4.79 Å². The highest BCUT2D eigenvalue weighted by Gasteiger charge is 2.18. The smallest absolute Gasteiger partial charge is 0.275 e. The lowest BCUT2D eigenvalue weighted by atomic mass is 10.1. The van der Waals surface area contributed by atoms with Crippen molar-refractivity contribution >= 4 is 51.2 Å². The van der Waals surface area contributed by atoms with Gasteiger partial charge in [-0.2, -0.15) is 5.10 Å². The van der Waals surface area contributed by atoms with Gasteiger partial charge in [-0.3, -0.25) is 4.79 Å². The molecular weight excluding hydrogens is 499 g/mol. The normalized spacial score (nSPS) is 13.7. The Hall–Kier alpha value is -3.33. The van der Waals surface area contributed by atoms with E-state index in [0.717, 1.165) is 43.0 Å². The zero-order valence-corrected chi connectivity index (χ0v) is 21.5. The Balaban J connectivity index is 1.58. The van der Waals surface area contributed by atoms with Crippen molar-refractivity contribution in [3.63, 3.8) is 0 Å². The van der Waals surface area contributed by atoms with Crippen LogP contribution in [0.1, 0.15) is 16.8 Å². The molecule has 2 aromatic heterocycles. The molecule has 0 bridgehead atoms. The third-order valence-electron chi connectivity index (χ3n) is 6.35. The summed E-state index contributed by atoms with van der Waals surface area (Å²) in [4.78, 5) is 19.9. The van der Waals surface area contributed by atoms with Crippen molar-refractivity contribution in [2.75, 3.05) is 43.5 Å². The van der Waals surface area contributed by atoms with Crippen molar-refractivity contribution in [1.82, 2.24) is 20.5 Å². The maximum absolute atomic E-state index is 12.8.